The number of amidine groups is 1. The number of carboxylic acid groups (broad SMARTS) is 1. The maximum atomic E-state index is 11.7. The van der Waals surface area contributed by atoms with Crippen LogP contribution >= 0.6 is 11.8 Å². The summed E-state index contributed by atoms with van der Waals surface area (Å²) < 4.78 is 5.27. The Kier molecular flexibility index (Phi) is 5.87. The van der Waals surface area contributed by atoms with Crippen molar-refractivity contribution in [3.8, 4) is 16.9 Å². The van der Waals surface area contributed by atoms with Crippen LogP contribution < -0.4 is 10.1 Å². The summed E-state index contributed by atoms with van der Waals surface area (Å²) in [7, 11) is 1.62. The number of carboxylic acids is 1. The topological polar surface area (TPSA) is 100 Å². The van der Waals surface area contributed by atoms with Gasteiger partial charge in [0.05, 0.1) is 19.7 Å². The first kappa shape index (κ1) is 18.7. The van der Waals surface area contributed by atoms with Crippen LogP contribution in [-0.4, -0.2) is 40.7 Å². The predicted molar refractivity (Wildman–Crippen MR) is 105 cm³/mol. The molecule has 3 rings (SSSR count). The van der Waals surface area contributed by atoms with Crippen LogP contribution in [0, 0.1) is 0 Å². The smallest absolute Gasteiger partial charge is 0.305 e. The van der Waals surface area contributed by atoms with Crippen molar-refractivity contribution in [3.63, 3.8) is 0 Å². The molecule has 0 saturated carbocycles. The molecule has 27 heavy (non-hydrogen) atoms. The lowest BCUT2D eigenvalue weighted by molar-refractivity contribution is -0.138. The van der Waals surface area contributed by atoms with Gasteiger partial charge in [-0.1, -0.05) is 48.2 Å². The molecule has 2 aromatic rings. The van der Waals surface area contributed by atoms with Gasteiger partial charge in [0, 0.05) is 5.56 Å². The summed E-state index contributed by atoms with van der Waals surface area (Å²) in [6.07, 6.45) is 1.34. The van der Waals surface area contributed by atoms with E-state index in [0.717, 1.165) is 34.2 Å². The number of carbonyl (C=O) groups is 2. The molecular formula is C19H17N3O4S. The summed E-state index contributed by atoms with van der Waals surface area (Å²) in [4.78, 5) is 22.5. The van der Waals surface area contributed by atoms with Crippen LogP contribution in [0.5, 0.6) is 5.75 Å². The van der Waals surface area contributed by atoms with Crippen LogP contribution in [0.2, 0.25) is 0 Å². The summed E-state index contributed by atoms with van der Waals surface area (Å²) >= 11 is 1.07. The van der Waals surface area contributed by atoms with E-state index in [1.165, 1.54) is 0 Å². The Morgan fingerprint density at radius 2 is 2.11 bits per heavy atom. The highest BCUT2D eigenvalue weighted by molar-refractivity contribution is 8.15. The Morgan fingerprint density at radius 3 is 2.89 bits per heavy atom. The second-order valence-electron chi connectivity index (χ2n) is 5.66. The van der Waals surface area contributed by atoms with Crippen molar-refractivity contribution in [3.05, 3.63) is 54.1 Å². The molecule has 1 heterocycles. The molecule has 1 amide bonds. The fraction of sp³-hybridized carbons (Fsp3) is 0.158. The molecule has 7 nitrogen and oxygen atoms in total. The van der Waals surface area contributed by atoms with E-state index in [1.807, 2.05) is 48.5 Å². The van der Waals surface area contributed by atoms with E-state index in [4.69, 9.17) is 9.84 Å². The van der Waals surface area contributed by atoms with Crippen molar-refractivity contribution < 1.29 is 19.4 Å². The molecule has 0 aliphatic carbocycles. The molecule has 1 aliphatic rings. The number of hydrogen-bond donors (Lipinski definition) is 2. The Morgan fingerprint density at radius 1 is 1.30 bits per heavy atom. The minimum absolute atomic E-state index is 0.252. The number of ether oxygens (including phenoxy) is 1. The summed E-state index contributed by atoms with van der Waals surface area (Å²) in [5.41, 5.74) is 2.80. The first-order valence-electron chi connectivity index (χ1n) is 8.10. The number of rotatable bonds is 6. The average molecular weight is 383 g/mol. The molecule has 2 N–H and O–H groups in total. The van der Waals surface area contributed by atoms with E-state index in [-0.39, 0.29) is 12.3 Å². The quantitative estimate of drug-likeness (QED) is 0.590. The predicted octanol–water partition coefficient (Wildman–Crippen LogP) is 2.76. The maximum Gasteiger partial charge on any atom is 0.305 e. The van der Waals surface area contributed by atoms with Crippen molar-refractivity contribution in [2.24, 2.45) is 10.2 Å². The highest BCUT2D eigenvalue weighted by atomic mass is 32.2. The Labute approximate surface area is 160 Å². The van der Waals surface area contributed by atoms with Gasteiger partial charge in [0.15, 0.2) is 5.17 Å². The number of aliphatic carboxylic acids is 1. The lowest BCUT2D eigenvalue weighted by atomic mass is 10.0. The molecule has 0 spiro atoms. The number of methoxy groups -OCH3 is 1. The van der Waals surface area contributed by atoms with Crippen molar-refractivity contribution >= 4 is 35.0 Å². The molecule has 8 heteroatoms. The lowest BCUT2D eigenvalue weighted by Crippen LogP contribution is -2.26. The van der Waals surface area contributed by atoms with Crippen LogP contribution in [0.3, 0.4) is 0 Å². The number of nitrogens with zero attached hydrogens (tertiary/aromatic N) is 2. The molecule has 2 aromatic carbocycles. The Balaban J connectivity index is 1.78. The highest BCUT2D eigenvalue weighted by Gasteiger charge is 2.32. The fourth-order valence-corrected chi connectivity index (χ4v) is 3.47. The first-order chi connectivity index (χ1) is 13.1. The van der Waals surface area contributed by atoms with Gasteiger partial charge in [-0.15, -0.1) is 5.10 Å². The summed E-state index contributed by atoms with van der Waals surface area (Å²) in [6, 6.07) is 15.4. The van der Waals surface area contributed by atoms with Crippen molar-refractivity contribution in [1.82, 2.24) is 5.32 Å². The van der Waals surface area contributed by atoms with Gasteiger partial charge in [-0.05, 0) is 23.3 Å². The molecule has 0 bridgehead atoms. The number of benzene rings is 2. The molecular weight excluding hydrogens is 366 g/mol. The maximum absolute atomic E-state index is 11.7. The average Bonchev–Trinajstić information content (AvgIpc) is 3.01. The summed E-state index contributed by atoms with van der Waals surface area (Å²) in [6.45, 7) is 0. The van der Waals surface area contributed by atoms with Crippen LogP contribution in [0.1, 0.15) is 12.0 Å². The van der Waals surface area contributed by atoms with Crippen LogP contribution in [0.4, 0.5) is 0 Å². The number of carbonyl (C=O) groups excluding carboxylic acids is 1. The third-order valence-electron chi connectivity index (χ3n) is 3.82. The number of amides is 1. The van der Waals surface area contributed by atoms with Crippen LogP contribution in [0.15, 0.2) is 58.7 Å². The minimum Gasteiger partial charge on any atom is -0.497 e. The zero-order valence-corrected chi connectivity index (χ0v) is 15.3. The highest BCUT2D eigenvalue weighted by Crippen LogP contribution is 2.26. The van der Waals surface area contributed by atoms with Gasteiger partial charge in [0.1, 0.15) is 11.0 Å². The van der Waals surface area contributed by atoms with Gasteiger partial charge in [0.25, 0.3) is 0 Å². The van der Waals surface area contributed by atoms with Crippen LogP contribution in [-0.2, 0) is 9.59 Å². The second-order valence-corrected chi connectivity index (χ2v) is 6.85. The molecule has 138 valence electrons. The van der Waals surface area contributed by atoms with E-state index in [2.05, 4.69) is 15.5 Å². The zero-order chi connectivity index (χ0) is 19.2. The van der Waals surface area contributed by atoms with E-state index >= 15 is 0 Å². The second kappa shape index (κ2) is 8.50. The fourth-order valence-electron chi connectivity index (χ4n) is 2.55. The molecule has 1 aliphatic heterocycles. The minimum atomic E-state index is -1.03. The van der Waals surface area contributed by atoms with Gasteiger partial charge in [-0.2, -0.15) is 5.10 Å². The van der Waals surface area contributed by atoms with Gasteiger partial charge in [0.2, 0.25) is 5.91 Å². The van der Waals surface area contributed by atoms with Gasteiger partial charge < -0.3 is 15.2 Å². The number of nitrogens with one attached hydrogen (secondary N) is 1. The van der Waals surface area contributed by atoms with Gasteiger partial charge in [-0.3, -0.25) is 9.59 Å². The monoisotopic (exact) mass is 383 g/mol. The molecule has 1 unspecified atom stereocenters. The SMILES string of the molecule is COc1cccc(-c2ccccc2C=NN=C2NC(=O)C(CC(=O)O)S2)c1. The summed E-state index contributed by atoms with van der Waals surface area (Å²) in [5.74, 6) is -0.637. The number of thioether (sulfide) groups is 1. The van der Waals surface area contributed by atoms with Crippen molar-refractivity contribution in [1.29, 1.82) is 0 Å². The zero-order valence-electron chi connectivity index (χ0n) is 14.5. The third-order valence-corrected chi connectivity index (χ3v) is 4.90. The van der Waals surface area contributed by atoms with Crippen molar-refractivity contribution in [2.45, 2.75) is 11.7 Å². The third kappa shape index (κ3) is 4.73. The van der Waals surface area contributed by atoms with Gasteiger partial charge >= 0.3 is 5.97 Å². The molecule has 1 saturated heterocycles. The van der Waals surface area contributed by atoms with Crippen molar-refractivity contribution in [2.75, 3.05) is 7.11 Å². The number of hydrogen-bond acceptors (Lipinski definition) is 6. The van der Waals surface area contributed by atoms with Gasteiger partial charge in [-0.25, -0.2) is 0 Å². The molecule has 0 radical (unpaired) electrons. The summed E-state index contributed by atoms with van der Waals surface area (Å²) in [5, 5.41) is 19.0. The molecule has 0 aromatic heterocycles. The standard InChI is InChI=1S/C19H17N3O4S/c1-26-14-7-4-6-12(9-14)15-8-3-2-5-13(15)11-20-22-19-21-18(25)16(27-19)10-17(23)24/h2-9,11,16H,10H2,1H3,(H,23,24)(H,21,22,25). The normalized spacial score (nSPS) is 18.0. The first-order valence-corrected chi connectivity index (χ1v) is 8.98. The Hall–Kier alpha value is -3.13. The largest absolute Gasteiger partial charge is 0.497 e. The Bertz CT molecular complexity index is 927. The molecule has 1 atom stereocenters. The lowest BCUT2D eigenvalue weighted by Gasteiger charge is -2.07. The van der Waals surface area contributed by atoms with Crippen LogP contribution in [0.25, 0.3) is 11.1 Å². The van der Waals surface area contributed by atoms with E-state index < -0.39 is 11.2 Å². The van der Waals surface area contributed by atoms with E-state index in [0.29, 0.717) is 5.17 Å². The van der Waals surface area contributed by atoms with E-state index in [9.17, 15) is 9.59 Å². The van der Waals surface area contributed by atoms with E-state index in [1.54, 1.807) is 13.3 Å². The molecule has 1 fully saturated rings.